The number of fused-ring (bicyclic) bond motifs is 8. The van der Waals surface area contributed by atoms with E-state index in [0.717, 1.165) is 0 Å². The van der Waals surface area contributed by atoms with Gasteiger partial charge in [0.2, 0.25) is 11.8 Å². The lowest BCUT2D eigenvalue weighted by atomic mass is 9.77. The fraction of sp³-hybridized carbons (Fsp3) is 0.333. The summed E-state index contributed by atoms with van der Waals surface area (Å²) in [4.78, 5) is 23.4. The normalized spacial score (nSPS) is 38.5. The molecule has 1 aromatic carbocycles. The van der Waals surface area contributed by atoms with Gasteiger partial charge in [-0.1, -0.05) is 24.3 Å². The van der Waals surface area contributed by atoms with Crippen molar-refractivity contribution in [3.63, 3.8) is 0 Å². The largest absolute Gasteiger partial charge is 0.301 e. The van der Waals surface area contributed by atoms with Crippen LogP contribution in [0, 0.1) is 11.8 Å². The lowest BCUT2D eigenvalue weighted by molar-refractivity contribution is -0.126. The average molecular weight is 214 g/mol. The molecule has 3 heterocycles. The number of rotatable bonds is 0. The van der Waals surface area contributed by atoms with E-state index in [0.29, 0.717) is 0 Å². The van der Waals surface area contributed by atoms with Gasteiger partial charge in [0.15, 0.2) is 0 Å². The van der Waals surface area contributed by atoms with Crippen molar-refractivity contribution in [3.05, 3.63) is 35.4 Å². The van der Waals surface area contributed by atoms with Crippen LogP contribution in [0.2, 0.25) is 0 Å². The lowest BCUT2D eigenvalue weighted by Gasteiger charge is -2.21. The minimum absolute atomic E-state index is 0.0256. The summed E-state index contributed by atoms with van der Waals surface area (Å²) < 4.78 is 0. The highest BCUT2D eigenvalue weighted by molar-refractivity contribution is 6.07. The first-order valence-electron chi connectivity index (χ1n) is 5.47. The van der Waals surface area contributed by atoms with Gasteiger partial charge in [0, 0.05) is 12.1 Å². The first-order valence-corrected chi connectivity index (χ1v) is 5.47. The second-order valence-corrected chi connectivity index (χ2v) is 4.66. The van der Waals surface area contributed by atoms with Crippen molar-refractivity contribution < 1.29 is 9.59 Å². The average Bonchev–Trinajstić information content (AvgIpc) is 2.91. The van der Waals surface area contributed by atoms with Crippen LogP contribution in [0.15, 0.2) is 24.3 Å². The van der Waals surface area contributed by atoms with Crippen LogP contribution in [0.1, 0.15) is 23.2 Å². The zero-order valence-electron chi connectivity index (χ0n) is 8.44. The zero-order chi connectivity index (χ0) is 10.9. The summed E-state index contributed by atoms with van der Waals surface area (Å²) in [5.41, 5.74) is 2.36. The molecule has 2 fully saturated rings. The molecule has 2 bridgehead atoms. The minimum Gasteiger partial charge on any atom is -0.301 e. The van der Waals surface area contributed by atoms with Gasteiger partial charge in [-0.2, -0.15) is 0 Å². The van der Waals surface area contributed by atoms with Crippen LogP contribution in [-0.2, 0) is 9.59 Å². The van der Waals surface area contributed by atoms with Gasteiger partial charge in [-0.05, 0) is 11.1 Å². The Kier molecular flexibility index (Phi) is 1.33. The summed E-state index contributed by atoms with van der Waals surface area (Å²) in [5, 5.41) is 5.81. The molecule has 4 heteroatoms. The number of carbonyl (C=O) groups excluding carboxylic acids is 2. The fourth-order valence-corrected chi connectivity index (χ4v) is 3.38. The Bertz CT molecular complexity index is 481. The van der Waals surface area contributed by atoms with E-state index in [1.165, 1.54) is 11.1 Å². The second kappa shape index (κ2) is 2.52. The van der Waals surface area contributed by atoms with Crippen molar-refractivity contribution in [2.24, 2.45) is 11.8 Å². The summed E-state index contributed by atoms with van der Waals surface area (Å²) in [7, 11) is 0. The molecule has 4 rings (SSSR count). The molecule has 0 aromatic heterocycles. The van der Waals surface area contributed by atoms with Crippen molar-refractivity contribution in [1.82, 2.24) is 10.6 Å². The van der Waals surface area contributed by atoms with Gasteiger partial charge in [-0.15, -0.1) is 0 Å². The molecule has 4 atom stereocenters. The Morgan fingerprint density at radius 2 is 1.38 bits per heavy atom. The Hall–Kier alpha value is -1.68. The molecule has 16 heavy (non-hydrogen) atoms. The summed E-state index contributed by atoms with van der Waals surface area (Å²) in [6.07, 6.45) is 0. The Morgan fingerprint density at radius 1 is 0.875 bits per heavy atom. The molecule has 3 aliphatic rings. The number of imide groups is 1. The van der Waals surface area contributed by atoms with Crippen LogP contribution in [0.25, 0.3) is 0 Å². The van der Waals surface area contributed by atoms with Crippen LogP contribution < -0.4 is 10.6 Å². The topological polar surface area (TPSA) is 58.2 Å². The van der Waals surface area contributed by atoms with Crippen molar-refractivity contribution in [1.29, 1.82) is 0 Å². The molecule has 80 valence electrons. The maximum atomic E-state index is 11.7. The molecule has 4 nitrogen and oxygen atoms in total. The number of hydrogen-bond donors (Lipinski definition) is 2. The van der Waals surface area contributed by atoms with Gasteiger partial charge in [0.1, 0.15) is 0 Å². The van der Waals surface area contributed by atoms with Crippen LogP contribution in [0.5, 0.6) is 0 Å². The van der Waals surface area contributed by atoms with E-state index in [-0.39, 0.29) is 35.7 Å². The molecule has 0 spiro atoms. The molecule has 0 unspecified atom stereocenters. The van der Waals surface area contributed by atoms with E-state index in [2.05, 4.69) is 10.6 Å². The Morgan fingerprint density at radius 3 is 1.88 bits per heavy atom. The molecular formula is C12H10N2O2. The first-order chi connectivity index (χ1) is 7.77. The van der Waals surface area contributed by atoms with E-state index >= 15 is 0 Å². The van der Waals surface area contributed by atoms with Crippen LogP contribution >= 0.6 is 0 Å². The second-order valence-electron chi connectivity index (χ2n) is 4.66. The van der Waals surface area contributed by atoms with E-state index in [4.69, 9.17) is 0 Å². The number of nitrogens with one attached hydrogen (secondary N) is 2. The van der Waals surface area contributed by atoms with Gasteiger partial charge in [-0.25, -0.2) is 0 Å². The van der Waals surface area contributed by atoms with Crippen molar-refractivity contribution >= 4 is 11.8 Å². The molecule has 2 N–H and O–H groups in total. The monoisotopic (exact) mass is 214 g/mol. The summed E-state index contributed by atoms with van der Waals surface area (Å²) in [6, 6.07) is 8.09. The van der Waals surface area contributed by atoms with Crippen LogP contribution in [-0.4, -0.2) is 11.8 Å². The Labute approximate surface area is 92.0 Å². The molecule has 2 saturated heterocycles. The predicted octanol–water partition coefficient (Wildman–Crippen LogP) is 0.274. The van der Waals surface area contributed by atoms with Crippen LogP contribution in [0.3, 0.4) is 0 Å². The number of benzene rings is 1. The van der Waals surface area contributed by atoms with E-state index in [1.54, 1.807) is 0 Å². The number of amides is 2. The zero-order valence-corrected chi connectivity index (χ0v) is 8.44. The number of carbonyl (C=O) groups is 2. The van der Waals surface area contributed by atoms with Crippen molar-refractivity contribution in [2.75, 3.05) is 0 Å². The SMILES string of the molecule is O=C1NC(=O)[C@H]2[C@@H]1[C@@H]1N[C@H]2c2ccccc21. The van der Waals surface area contributed by atoms with Gasteiger partial charge in [0.25, 0.3) is 0 Å². The summed E-state index contributed by atoms with van der Waals surface area (Å²) in [6.45, 7) is 0. The first kappa shape index (κ1) is 8.47. The van der Waals surface area contributed by atoms with Gasteiger partial charge < -0.3 is 5.32 Å². The van der Waals surface area contributed by atoms with E-state index in [1.807, 2.05) is 24.3 Å². The highest BCUT2D eigenvalue weighted by Crippen LogP contribution is 2.53. The van der Waals surface area contributed by atoms with E-state index < -0.39 is 0 Å². The maximum Gasteiger partial charge on any atom is 0.232 e. The van der Waals surface area contributed by atoms with Crippen molar-refractivity contribution in [2.45, 2.75) is 12.1 Å². The molecule has 3 aliphatic heterocycles. The third-order valence-corrected chi connectivity index (χ3v) is 3.98. The fourth-order valence-electron chi connectivity index (χ4n) is 3.38. The standard InChI is InChI=1S/C12H10N2O2/c15-11-7-8(12(16)14-11)10-6-4-2-1-3-5(6)9(7)13-10/h1-4,7-10,13H,(H,14,15,16)/t7-,8+,9-,10+. The van der Waals surface area contributed by atoms with Gasteiger partial charge >= 0.3 is 0 Å². The van der Waals surface area contributed by atoms with E-state index in [9.17, 15) is 9.59 Å². The Balaban J connectivity index is 1.92. The maximum absolute atomic E-state index is 11.7. The third kappa shape index (κ3) is 0.769. The summed E-state index contributed by atoms with van der Waals surface area (Å²) >= 11 is 0. The molecule has 1 aromatic rings. The highest BCUT2D eigenvalue weighted by atomic mass is 16.2. The third-order valence-electron chi connectivity index (χ3n) is 3.98. The summed E-state index contributed by atoms with van der Waals surface area (Å²) in [5.74, 6) is -0.645. The minimum atomic E-state index is -0.201. The predicted molar refractivity (Wildman–Crippen MR) is 55.2 cm³/mol. The lowest BCUT2D eigenvalue weighted by Crippen LogP contribution is -2.28. The smallest absolute Gasteiger partial charge is 0.232 e. The van der Waals surface area contributed by atoms with Gasteiger partial charge in [0.05, 0.1) is 11.8 Å². The molecule has 0 aliphatic carbocycles. The molecular weight excluding hydrogens is 204 g/mol. The highest BCUT2D eigenvalue weighted by Gasteiger charge is 2.60. The van der Waals surface area contributed by atoms with Gasteiger partial charge in [-0.3, -0.25) is 14.9 Å². The number of hydrogen-bond acceptors (Lipinski definition) is 3. The molecule has 0 radical (unpaired) electrons. The van der Waals surface area contributed by atoms with Crippen LogP contribution in [0.4, 0.5) is 0 Å². The quantitative estimate of drug-likeness (QED) is 0.610. The van der Waals surface area contributed by atoms with Crippen molar-refractivity contribution in [3.8, 4) is 0 Å². The molecule has 0 saturated carbocycles. The molecule has 2 amide bonds.